The highest BCUT2D eigenvalue weighted by atomic mass is 79.9. The van der Waals surface area contributed by atoms with E-state index in [9.17, 15) is 8.42 Å². The molecule has 1 atom stereocenters. The van der Waals surface area contributed by atoms with Crippen molar-refractivity contribution in [3.8, 4) is 0 Å². The van der Waals surface area contributed by atoms with Crippen LogP contribution in [-0.4, -0.2) is 21.5 Å². The topological polar surface area (TPSA) is 46.2 Å². The van der Waals surface area contributed by atoms with Crippen LogP contribution in [0.3, 0.4) is 0 Å². The molecule has 3 nitrogen and oxygen atoms in total. The molecule has 1 aliphatic rings. The summed E-state index contributed by atoms with van der Waals surface area (Å²) >= 11 is 3.36. The zero-order valence-corrected chi connectivity index (χ0v) is 11.4. The molecule has 1 N–H and O–H groups in total. The Morgan fingerprint density at radius 1 is 1.38 bits per heavy atom. The lowest BCUT2D eigenvalue weighted by Crippen LogP contribution is -2.22. The molecule has 86 valence electrons. The summed E-state index contributed by atoms with van der Waals surface area (Å²) < 4.78 is 24.6. The molecule has 16 heavy (non-hydrogen) atoms. The van der Waals surface area contributed by atoms with Crippen LogP contribution >= 0.6 is 15.9 Å². The molecule has 0 saturated heterocycles. The first-order valence-electron chi connectivity index (χ1n) is 4.89. The number of halogens is 1. The van der Waals surface area contributed by atoms with Crippen LogP contribution in [0.1, 0.15) is 12.5 Å². The van der Waals surface area contributed by atoms with Crippen molar-refractivity contribution >= 4 is 31.3 Å². The van der Waals surface area contributed by atoms with Gasteiger partial charge in [-0.1, -0.05) is 15.9 Å². The van der Waals surface area contributed by atoms with Gasteiger partial charge in [-0.05, 0) is 37.7 Å². The number of likely N-dealkylation sites (N-methyl/N-ethyl adjacent to an activating group) is 1. The Hall–Kier alpha value is -0.650. The predicted molar refractivity (Wildman–Crippen MR) is 67.8 cm³/mol. The molecular formula is C11H12BrNO2S. The molecule has 0 saturated carbocycles. The van der Waals surface area contributed by atoms with Crippen molar-refractivity contribution in [2.75, 3.05) is 7.05 Å². The summed E-state index contributed by atoms with van der Waals surface area (Å²) in [5.41, 5.74) is 1.61. The van der Waals surface area contributed by atoms with Gasteiger partial charge in [-0.25, -0.2) is 8.42 Å². The fraction of sp³-hybridized carbons (Fsp3) is 0.273. The van der Waals surface area contributed by atoms with Crippen molar-refractivity contribution in [3.63, 3.8) is 0 Å². The molecule has 0 spiro atoms. The Balaban J connectivity index is 2.66. The van der Waals surface area contributed by atoms with Gasteiger partial charge in [0.1, 0.15) is 0 Å². The number of sulfone groups is 1. The first kappa shape index (κ1) is 11.8. The Morgan fingerprint density at radius 2 is 2.06 bits per heavy atom. The van der Waals surface area contributed by atoms with Crippen LogP contribution in [0.25, 0.3) is 5.57 Å². The third-order valence-corrected chi connectivity index (χ3v) is 4.77. The van der Waals surface area contributed by atoms with E-state index in [1.54, 1.807) is 12.1 Å². The molecule has 0 radical (unpaired) electrons. The maximum atomic E-state index is 11.9. The summed E-state index contributed by atoms with van der Waals surface area (Å²) in [6.45, 7) is 1.94. The minimum atomic E-state index is -3.25. The Bertz CT molecular complexity index is 563. The van der Waals surface area contributed by atoms with Gasteiger partial charge >= 0.3 is 0 Å². The molecule has 0 amide bonds. The van der Waals surface area contributed by atoms with Gasteiger partial charge in [0.2, 0.25) is 9.84 Å². The minimum Gasteiger partial charge on any atom is -0.313 e. The minimum absolute atomic E-state index is 0.0188. The van der Waals surface area contributed by atoms with E-state index in [1.165, 1.54) is 5.41 Å². The van der Waals surface area contributed by atoms with Gasteiger partial charge in [0.25, 0.3) is 0 Å². The molecule has 0 bridgehead atoms. The first-order chi connectivity index (χ1) is 7.45. The monoisotopic (exact) mass is 301 g/mol. The van der Waals surface area contributed by atoms with E-state index in [0.717, 1.165) is 15.6 Å². The Kier molecular flexibility index (Phi) is 2.94. The van der Waals surface area contributed by atoms with E-state index < -0.39 is 9.84 Å². The molecule has 1 aliphatic heterocycles. The molecule has 1 unspecified atom stereocenters. The number of hydrogen-bond acceptors (Lipinski definition) is 3. The Morgan fingerprint density at radius 3 is 2.69 bits per heavy atom. The van der Waals surface area contributed by atoms with Gasteiger partial charge in [-0.3, -0.25) is 0 Å². The van der Waals surface area contributed by atoms with Crippen LogP contribution in [-0.2, 0) is 9.84 Å². The van der Waals surface area contributed by atoms with Crippen LogP contribution in [0.4, 0.5) is 0 Å². The maximum absolute atomic E-state index is 11.9. The van der Waals surface area contributed by atoms with E-state index in [1.807, 2.05) is 20.0 Å². The van der Waals surface area contributed by atoms with Gasteiger partial charge in [0.15, 0.2) is 0 Å². The highest BCUT2D eigenvalue weighted by molar-refractivity contribution is 9.10. The number of nitrogens with one attached hydrogen (secondary N) is 1. The van der Waals surface area contributed by atoms with Crippen LogP contribution in [0.2, 0.25) is 0 Å². The third kappa shape index (κ3) is 1.83. The molecule has 1 aromatic rings. The molecule has 1 heterocycles. The van der Waals surface area contributed by atoms with Crippen LogP contribution in [0.15, 0.2) is 33.0 Å². The van der Waals surface area contributed by atoms with Crippen molar-refractivity contribution in [3.05, 3.63) is 33.6 Å². The summed E-state index contributed by atoms with van der Waals surface area (Å²) in [5, 5.41) is 4.41. The van der Waals surface area contributed by atoms with Crippen molar-refractivity contribution in [1.29, 1.82) is 0 Å². The quantitative estimate of drug-likeness (QED) is 0.911. The fourth-order valence-corrected chi connectivity index (χ4v) is 3.66. The largest absolute Gasteiger partial charge is 0.313 e. The van der Waals surface area contributed by atoms with E-state index in [-0.39, 0.29) is 6.04 Å². The van der Waals surface area contributed by atoms with E-state index in [0.29, 0.717) is 4.90 Å². The summed E-state index contributed by atoms with van der Waals surface area (Å²) in [6, 6.07) is 5.25. The summed E-state index contributed by atoms with van der Waals surface area (Å²) in [5.74, 6) is 0. The molecule has 5 heteroatoms. The average Bonchev–Trinajstić information content (AvgIpc) is 2.49. The van der Waals surface area contributed by atoms with Crippen LogP contribution in [0, 0.1) is 0 Å². The zero-order chi connectivity index (χ0) is 11.9. The lowest BCUT2D eigenvalue weighted by molar-refractivity contribution is 0.605. The van der Waals surface area contributed by atoms with E-state index in [2.05, 4.69) is 21.2 Å². The maximum Gasteiger partial charge on any atom is 0.200 e. The first-order valence-corrected chi connectivity index (χ1v) is 7.23. The average molecular weight is 302 g/mol. The van der Waals surface area contributed by atoms with Crippen LogP contribution < -0.4 is 5.32 Å². The molecule has 2 rings (SSSR count). The standard InChI is InChI=1S/C11H12BrNO2S/c1-7(13-2)10-6-16(14,15)11-4-3-8(12)5-9(10)11/h3-7,13H,1-2H3. The molecule has 0 aliphatic carbocycles. The fourth-order valence-electron chi connectivity index (χ4n) is 1.76. The van der Waals surface area contributed by atoms with Gasteiger partial charge in [-0.2, -0.15) is 0 Å². The Labute approximate surface area is 104 Å². The smallest absolute Gasteiger partial charge is 0.200 e. The lowest BCUT2D eigenvalue weighted by Gasteiger charge is -2.12. The van der Waals surface area contributed by atoms with Crippen molar-refractivity contribution < 1.29 is 8.42 Å². The van der Waals surface area contributed by atoms with E-state index in [4.69, 9.17) is 0 Å². The second kappa shape index (κ2) is 3.98. The normalized spacial score (nSPS) is 19.1. The van der Waals surface area contributed by atoms with Gasteiger partial charge in [-0.15, -0.1) is 0 Å². The lowest BCUT2D eigenvalue weighted by atomic mass is 10.0. The second-order valence-electron chi connectivity index (χ2n) is 3.77. The number of fused-ring (bicyclic) bond motifs is 1. The molecule has 0 aromatic heterocycles. The highest BCUT2D eigenvalue weighted by Gasteiger charge is 2.28. The summed E-state index contributed by atoms with van der Waals surface area (Å²) in [4.78, 5) is 0.396. The van der Waals surface area contributed by atoms with Gasteiger partial charge in [0, 0.05) is 21.5 Å². The van der Waals surface area contributed by atoms with Crippen molar-refractivity contribution in [2.24, 2.45) is 0 Å². The molecule has 1 aromatic carbocycles. The summed E-state index contributed by atoms with van der Waals surface area (Å²) in [6.07, 6.45) is 0. The van der Waals surface area contributed by atoms with Crippen LogP contribution in [0.5, 0.6) is 0 Å². The molecule has 0 fully saturated rings. The number of benzene rings is 1. The number of rotatable bonds is 2. The summed E-state index contributed by atoms with van der Waals surface area (Å²) in [7, 11) is -1.44. The number of hydrogen-bond donors (Lipinski definition) is 1. The highest BCUT2D eigenvalue weighted by Crippen LogP contribution is 2.36. The SMILES string of the molecule is CNC(C)C1=CS(=O)(=O)c2ccc(Br)cc21. The predicted octanol–water partition coefficient (Wildman–Crippen LogP) is 2.19. The van der Waals surface area contributed by atoms with Gasteiger partial charge in [0.05, 0.1) is 4.90 Å². The molecular weight excluding hydrogens is 290 g/mol. The van der Waals surface area contributed by atoms with Crippen molar-refractivity contribution in [1.82, 2.24) is 5.32 Å². The van der Waals surface area contributed by atoms with E-state index >= 15 is 0 Å². The zero-order valence-electron chi connectivity index (χ0n) is 8.99. The second-order valence-corrected chi connectivity index (χ2v) is 6.45. The van der Waals surface area contributed by atoms with Crippen molar-refractivity contribution in [2.45, 2.75) is 17.9 Å². The third-order valence-electron chi connectivity index (χ3n) is 2.74. The van der Waals surface area contributed by atoms with Gasteiger partial charge < -0.3 is 5.32 Å².